The molecule has 3 aromatic rings. The number of anilines is 3. The Kier molecular flexibility index (Phi) is 8.44. The van der Waals surface area contributed by atoms with Gasteiger partial charge in [-0.2, -0.15) is 0 Å². The quantitative estimate of drug-likeness (QED) is 0.309. The van der Waals surface area contributed by atoms with E-state index in [1.54, 1.807) is 0 Å². The fourth-order valence-corrected chi connectivity index (χ4v) is 4.22. The summed E-state index contributed by atoms with van der Waals surface area (Å²) in [5.41, 5.74) is 9.35. The van der Waals surface area contributed by atoms with Gasteiger partial charge in [-0.25, -0.2) is 0 Å². The van der Waals surface area contributed by atoms with Crippen LogP contribution in [0.2, 0.25) is 0 Å². The van der Waals surface area contributed by atoms with Crippen molar-refractivity contribution < 1.29 is 9.59 Å². The third kappa shape index (κ3) is 6.02. The Morgan fingerprint density at radius 2 is 1.03 bits per heavy atom. The van der Waals surface area contributed by atoms with Gasteiger partial charge in [0.05, 0.1) is 0 Å². The highest BCUT2D eigenvalue weighted by Gasteiger charge is 2.20. The SMILES string of the molecule is CCC(=O)CC(CC(=O)CC)c1ccc(N(c2ccc(C)c(C)c2)c2ccc(C)c(C)c2)cc1. The molecule has 0 spiro atoms. The highest BCUT2D eigenvalue weighted by Crippen LogP contribution is 2.37. The summed E-state index contributed by atoms with van der Waals surface area (Å²) < 4.78 is 0. The first-order valence-electron chi connectivity index (χ1n) is 12.3. The molecule has 0 fully saturated rings. The van der Waals surface area contributed by atoms with E-state index in [0.29, 0.717) is 25.7 Å². The van der Waals surface area contributed by atoms with Crippen molar-refractivity contribution in [3.05, 3.63) is 88.5 Å². The zero-order valence-electron chi connectivity index (χ0n) is 21.4. The molecule has 0 atom stereocenters. The molecule has 0 bridgehead atoms. The molecule has 0 aliphatic carbocycles. The number of hydrogen-bond acceptors (Lipinski definition) is 3. The first-order valence-corrected chi connectivity index (χ1v) is 12.3. The molecule has 34 heavy (non-hydrogen) atoms. The molecular weight excluding hydrogens is 418 g/mol. The Morgan fingerprint density at radius 1 is 0.618 bits per heavy atom. The maximum Gasteiger partial charge on any atom is 0.133 e. The smallest absolute Gasteiger partial charge is 0.133 e. The van der Waals surface area contributed by atoms with Crippen LogP contribution >= 0.6 is 0 Å². The summed E-state index contributed by atoms with van der Waals surface area (Å²) in [6, 6.07) is 21.5. The summed E-state index contributed by atoms with van der Waals surface area (Å²) in [6.07, 6.45) is 1.84. The van der Waals surface area contributed by atoms with Crippen molar-refractivity contribution in [3.63, 3.8) is 0 Å². The topological polar surface area (TPSA) is 37.4 Å². The minimum absolute atomic E-state index is 0.0642. The Hall–Kier alpha value is -3.20. The molecule has 0 saturated carbocycles. The van der Waals surface area contributed by atoms with Crippen molar-refractivity contribution in [1.82, 2.24) is 0 Å². The number of benzene rings is 3. The summed E-state index contributed by atoms with van der Waals surface area (Å²) in [5.74, 6) is 0.334. The number of rotatable bonds is 10. The molecule has 0 aliphatic heterocycles. The van der Waals surface area contributed by atoms with E-state index >= 15 is 0 Å². The Labute approximate surface area is 204 Å². The molecule has 178 valence electrons. The zero-order valence-corrected chi connectivity index (χ0v) is 21.4. The van der Waals surface area contributed by atoms with Gasteiger partial charge in [-0.05, 0) is 97.8 Å². The van der Waals surface area contributed by atoms with Crippen LogP contribution in [-0.4, -0.2) is 11.6 Å². The second kappa shape index (κ2) is 11.3. The van der Waals surface area contributed by atoms with Crippen LogP contribution in [0.5, 0.6) is 0 Å². The van der Waals surface area contributed by atoms with E-state index < -0.39 is 0 Å². The van der Waals surface area contributed by atoms with E-state index in [9.17, 15) is 9.59 Å². The van der Waals surface area contributed by atoms with Crippen LogP contribution in [0.1, 0.15) is 73.3 Å². The zero-order chi connectivity index (χ0) is 24.8. The van der Waals surface area contributed by atoms with Gasteiger partial charge in [0.1, 0.15) is 11.6 Å². The lowest BCUT2D eigenvalue weighted by Crippen LogP contribution is -2.13. The molecule has 0 amide bonds. The molecule has 0 saturated heterocycles. The van der Waals surface area contributed by atoms with Gasteiger partial charge >= 0.3 is 0 Å². The maximum atomic E-state index is 12.2. The number of nitrogens with zero attached hydrogens (tertiary/aromatic N) is 1. The van der Waals surface area contributed by atoms with Crippen molar-refractivity contribution in [2.45, 2.75) is 73.1 Å². The molecule has 0 aromatic heterocycles. The van der Waals surface area contributed by atoms with E-state index in [0.717, 1.165) is 22.6 Å². The third-order valence-electron chi connectivity index (χ3n) is 6.86. The lowest BCUT2D eigenvalue weighted by atomic mass is 9.88. The van der Waals surface area contributed by atoms with Crippen LogP contribution in [0.25, 0.3) is 0 Å². The second-order valence-corrected chi connectivity index (χ2v) is 9.35. The van der Waals surface area contributed by atoms with Crippen LogP contribution in [0.3, 0.4) is 0 Å². The van der Waals surface area contributed by atoms with Gasteiger partial charge in [-0.1, -0.05) is 38.1 Å². The summed E-state index contributed by atoms with van der Waals surface area (Å²) in [4.78, 5) is 26.7. The van der Waals surface area contributed by atoms with Gasteiger partial charge in [0.15, 0.2) is 0 Å². The Bertz CT molecular complexity index is 1090. The van der Waals surface area contributed by atoms with E-state index in [1.165, 1.54) is 22.3 Å². The molecule has 0 heterocycles. The molecule has 3 aromatic carbocycles. The van der Waals surface area contributed by atoms with Crippen LogP contribution in [0.15, 0.2) is 60.7 Å². The largest absolute Gasteiger partial charge is 0.310 e. The number of carbonyl (C=O) groups excluding carboxylic acids is 2. The summed E-state index contributed by atoms with van der Waals surface area (Å²) in [5, 5.41) is 0. The minimum Gasteiger partial charge on any atom is -0.310 e. The lowest BCUT2D eigenvalue weighted by Gasteiger charge is -2.27. The molecule has 3 nitrogen and oxygen atoms in total. The van der Waals surface area contributed by atoms with E-state index in [2.05, 4.69) is 93.3 Å². The molecule has 3 heteroatoms. The fourth-order valence-electron chi connectivity index (χ4n) is 4.22. The first kappa shape index (κ1) is 25.4. The van der Waals surface area contributed by atoms with E-state index in [-0.39, 0.29) is 17.5 Å². The number of carbonyl (C=O) groups is 2. The van der Waals surface area contributed by atoms with Crippen LogP contribution in [0, 0.1) is 27.7 Å². The standard InChI is InChI=1S/C31H37NO2/c1-7-30(33)19-26(20-31(34)8-2)25-11-15-27(16-12-25)32(28-13-9-21(3)23(5)17-28)29-14-10-22(4)24(6)18-29/h9-18,26H,7-8,19-20H2,1-6H3. The normalized spacial score (nSPS) is 11.0. The van der Waals surface area contributed by atoms with Crippen molar-refractivity contribution in [2.24, 2.45) is 0 Å². The van der Waals surface area contributed by atoms with Crippen LogP contribution in [0.4, 0.5) is 17.1 Å². The average Bonchev–Trinajstić information content (AvgIpc) is 2.83. The molecule has 0 unspecified atom stereocenters. The van der Waals surface area contributed by atoms with Crippen molar-refractivity contribution in [2.75, 3.05) is 4.90 Å². The van der Waals surface area contributed by atoms with Crippen LogP contribution in [-0.2, 0) is 9.59 Å². The fraction of sp³-hybridized carbons (Fsp3) is 0.355. The Morgan fingerprint density at radius 3 is 1.41 bits per heavy atom. The lowest BCUT2D eigenvalue weighted by molar-refractivity contribution is -0.120. The average molecular weight is 456 g/mol. The van der Waals surface area contributed by atoms with Crippen molar-refractivity contribution >= 4 is 28.6 Å². The molecule has 0 N–H and O–H groups in total. The number of hydrogen-bond donors (Lipinski definition) is 0. The van der Waals surface area contributed by atoms with Gasteiger partial charge < -0.3 is 4.90 Å². The number of Topliss-reactive ketones (excluding diaryl/α,β-unsaturated/α-hetero) is 2. The predicted molar refractivity (Wildman–Crippen MR) is 143 cm³/mol. The van der Waals surface area contributed by atoms with Gasteiger partial charge in [0.2, 0.25) is 0 Å². The van der Waals surface area contributed by atoms with Gasteiger partial charge in [-0.3, -0.25) is 9.59 Å². The molecular formula is C31H37NO2. The summed E-state index contributed by atoms with van der Waals surface area (Å²) >= 11 is 0. The molecule has 0 radical (unpaired) electrons. The van der Waals surface area contributed by atoms with Gasteiger partial charge in [0.25, 0.3) is 0 Å². The number of aryl methyl sites for hydroxylation is 4. The highest BCUT2D eigenvalue weighted by atomic mass is 16.1. The highest BCUT2D eigenvalue weighted by molar-refractivity contribution is 5.83. The predicted octanol–water partition coefficient (Wildman–Crippen LogP) is 8.21. The van der Waals surface area contributed by atoms with E-state index in [1.807, 2.05) is 13.8 Å². The molecule has 3 rings (SSSR count). The minimum atomic E-state index is -0.0642. The monoisotopic (exact) mass is 455 g/mol. The summed E-state index contributed by atoms with van der Waals surface area (Å²) in [6.45, 7) is 12.3. The van der Waals surface area contributed by atoms with Gasteiger partial charge in [-0.15, -0.1) is 0 Å². The van der Waals surface area contributed by atoms with Gasteiger partial charge in [0, 0.05) is 42.7 Å². The summed E-state index contributed by atoms with van der Waals surface area (Å²) in [7, 11) is 0. The van der Waals surface area contributed by atoms with E-state index in [4.69, 9.17) is 0 Å². The van der Waals surface area contributed by atoms with Crippen molar-refractivity contribution in [3.8, 4) is 0 Å². The maximum absolute atomic E-state index is 12.2. The molecule has 0 aliphatic rings. The first-order chi connectivity index (χ1) is 16.2. The Balaban J connectivity index is 2.03. The number of ketones is 2. The second-order valence-electron chi connectivity index (χ2n) is 9.35. The third-order valence-corrected chi connectivity index (χ3v) is 6.86. The van der Waals surface area contributed by atoms with Crippen molar-refractivity contribution in [1.29, 1.82) is 0 Å². The van der Waals surface area contributed by atoms with Crippen LogP contribution < -0.4 is 4.90 Å².